The van der Waals surface area contributed by atoms with Crippen molar-refractivity contribution in [1.82, 2.24) is 10.4 Å². The van der Waals surface area contributed by atoms with Gasteiger partial charge in [-0.15, -0.1) is 0 Å². The van der Waals surface area contributed by atoms with E-state index in [4.69, 9.17) is 5.21 Å². The normalized spacial score (nSPS) is 14.3. The molecule has 1 aliphatic heterocycles. The van der Waals surface area contributed by atoms with E-state index < -0.39 is 5.91 Å². The van der Waals surface area contributed by atoms with E-state index in [1.54, 1.807) is 22.5 Å². The van der Waals surface area contributed by atoms with E-state index in [9.17, 15) is 14.0 Å². The average molecular weight is 292 g/mol. The second kappa shape index (κ2) is 6.99. The van der Waals surface area contributed by atoms with Gasteiger partial charge in [-0.05, 0) is 30.5 Å². The predicted molar refractivity (Wildman–Crippen MR) is 73.9 cm³/mol. The third-order valence-electron chi connectivity index (χ3n) is 3.43. The minimum Gasteiger partial charge on any atom is -0.335 e. The standard InChI is InChI=1S/C15H17FN2O3/c16-13-3-1-2-11(10-13)6-8-18-9-7-12(15(18)20)4-5-14(19)17-21/h1-3,7,10,21H,4-6,8-9H2,(H,17,19). The summed E-state index contributed by atoms with van der Waals surface area (Å²) in [6.07, 6.45) is 2.76. The summed E-state index contributed by atoms with van der Waals surface area (Å²) in [5.41, 5.74) is 2.97. The molecule has 0 bridgehead atoms. The lowest BCUT2D eigenvalue weighted by molar-refractivity contribution is -0.129. The first-order chi connectivity index (χ1) is 10.1. The van der Waals surface area contributed by atoms with Crippen LogP contribution in [0.4, 0.5) is 4.39 Å². The second-order valence-corrected chi connectivity index (χ2v) is 4.90. The lowest BCUT2D eigenvalue weighted by Gasteiger charge is -2.16. The molecule has 1 heterocycles. The lowest BCUT2D eigenvalue weighted by atomic mass is 10.1. The fourth-order valence-corrected chi connectivity index (χ4v) is 2.26. The van der Waals surface area contributed by atoms with Crippen molar-refractivity contribution in [2.45, 2.75) is 19.3 Å². The summed E-state index contributed by atoms with van der Waals surface area (Å²) in [6.45, 7) is 1.01. The molecule has 0 radical (unpaired) electrons. The Balaban J connectivity index is 1.82. The van der Waals surface area contributed by atoms with Gasteiger partial charge in [-0.1, -0.05) is 18.2 Å². The van der Waals surface area contributed by atoms with Crippen LogP contribution in [0.1, 0.15) is 18.4 Å². The highest BCUT2D eigenvalue weighted by atomic mass is 19.1. The number of carbonyl (C=O) groups excluding carboxylic acids is 2. The molecule has 1 aromatic rings. The molecule has 0 saturated carbocycles. The molecule has 0 atom stereocenters. The molecular formula is C15H17FN2O3. The molecule has 0 aromatic heterocycles. The van der Waals surface area contributed by atoms with Crippen LogP contribution in [0, 0.1) is 5.82 Å². The van der Waals surface area contributed by atoms with Crippen molar-refractivity contribution < 1.29 is 19.2 Å². The maximum atomic E-state index is 13.1. The van der Waals surface area contributed by atoms with Gasteiger partial charge in [-0.2, -0.15) is 0 Å². The summed E-state index contributed by atoms with van der Waals surface area (Å²) in [6, 6.07) is 6.31. The van der Waals surface area contributed by atoms with E-state index in [-0.39, 0.29) is 18.1 Å². The molecule has 0 spiro atoms. The van der Waals surface area contributed by atoms with Gasteiger partial charge in [0, 0.05) is 25.1 Å². The molecule has 0 fully saturated rings. The molecule has 5 nitrogen and oxygen atoms in total. The van der Waals surface area contributed by atoms with Crippen LogP contribution in [0.3, 0.4) is 0 Å². The zero-order chi connectivity index (χ0) is 15.2. The van der Waals surface area contributed by atoms with Gasteiger partial charge < -0.3 is 4.90 Å². The van der Waals surface area contributed by atoms with E-state index >= 15 is 0 Å². The smallest absolute Gasteiger partial charge is 0.249 e. The van der Waals surface area contributed by atoms with Gasteiger partial charge in [0.1, 0.15) is 5.82 Å². The third-order valence-corrected chi connectivity index (χ3v) is 3.43. The van der Waals surface area contributed by atoms with Gasteiger partial charge in [-0.25, -0.2) is 9.87 Å². The number of carbonyl (C=O) groups is 2. The Kier molecular flexibility index (Phi) is 5.05. The SMILES string of the molecule is O=C(CCC1=CCN(CCc2cccc(F)c2)C1=O)NO. The Morgan fingerprint density at radius 1 is 1.38 bits per heavy atom. The van der Waals surface area contributed by atoms with Gasteiger partial charge in [-0.3, -0.25) is 14.8 Å². The molecule has 1 aromatic carbocycles. The Labute approximate surface area is 122 Å². The maximum absolute atomic E-state index is 13.1. The Morgan fingerprint density at radius 2 is 2.19 bits per heavy atom. The van der Waals surface area contributed by atoms with Crippen molar-refractivity contribution in [1.29, 1.82) is 0 Å². The van der Waals surface area contributed by atoms with E-state index in [0.717, 1.165) is 5.56 Å². The second-order valence-electron chi connectivity index (χ2n) is 4.90. The third kappa shape index (κ3) is 4.13. The summed E-state index contributed by atoms with van der Waals surface area (Å²) < 4.78 is 13.1. The van der Waals surface area contributed by atoms with Gasteiger partial charge in [0.25, 0.3) is 0 Å². The Bertz CT molecular complexity index is 572. The number of hydroxylamine groups is 1. The first-order valence-corrected chi connectivity index (χ1v) is 6.76. The van der Waals surface area contributed by atoms with E-state index in [0.29, 0.717) is 31.5 Å². The summed E-state index contributed by atoms with van der Waals surface area (Å²) in [7, 11) is 0. The predicted octanol–water partition coefficient (Wildman–Crippen LogP) is 1.42. The van der Waals surface area contributed by atoms with Crippen molar-refractivity contribution in [3.8, 4) is 0 Å². The van der Waals surface area contributed by atoms with Crippen LogP contribution in [0.5, 0.6) is 0 Å². The van der Waals surface area contributed by atoms with Gasteiger partial charge >= 0.3 is 0 Å². The van der Waals surface area contributed by atoms with E-state index in [1.165, 1.54) is 12.1 Å². The molecule has 2 N–H and O–H groups in total. The first kappa shape index (κ1) is 15.2. The van der Waals surface area contributed by atoms with Crippen molar-refractivity contribution in [2.75, 3.05) is 13.1 Å². The van der Waals surface area contributed by atoms with Crippen LogP contribution < -0.4 is 5.48 Å². The fourth-order valence-electron chi connectivity index (χ4n) is 2.26. The van der Waals surface area contributed by atoms with E-state index in [1.807, 2.05) is 6.07 Å². The van der Waals surface area contributed by atoms with Crippen molar-refractivity contribution >= 4 is 11.8 Å². The number of nitrogens with one attached hydrogen (secondary N) is 1. The van der Waals surface area contributed by atoms with Crippen LogP contribution in [0.25, 0.3) is 0 Å². The van der Waals surface area contributed by atoms with Crippen LogP contribution in [0.15, 0.2) is 35.9 Å². The molecule has 0 aliphatic carbocycles. The largest absolute Gasteiger partial charge is 0.335 e. The lowest BCUT2D eigenvalue weighted by Crippen LogP contribution is -2.29. The molecule has 21 heavy (non-hydrogen) atoms. The zero-order valence-electron chi connectivity index (χ0n) is 11.5. The number of amides is 2. The number of hydrogen-bond acceptors (Lipinski definition) is 3. The summed E-state index contributed by atoms with van der Waals surface area (Å²) in [5.74, 6) is -0.895. The molecule has 6 heteroatoms. The molecule has 2 rings (SSSR count). The van der Waals surface area contributed by atoms with Crippen LogP contribution in [-0.4, -0.2) is 35.0 Å². The van der Waals surface area contributed by atoms with Gasteiger partial charge in [0.15, 0.2) is 0 Å². The first-order valence-electron chi connectivity index (χ1n) is 6.76. The minimum atomic E-state index is -0.512. The molecule has 0 saturated heterocycles. The summed E-state index contributed by atoms with van der Waals surface area (Å²) >= 11 is 0. The number of hydrogen-bond donors (Lipinski definition) is 2. The topological polar surface area (TPSA) is 69.6 Å². The van der Waals surface area contributed by atoms with Crippen molar-refractivity contribution in [2.24, 2.45) is 0 Å². The number of benzene rings is 1. The van der Waals surface area contributed by atoms with E-state index in [2.05, 4.69) is 0 Å². The monoisotopic (exact) mass is 292 g/mol. The Morgan fingerprint density at radius 3 is 2.90 bits per heavy atom. The number of halogens is 1. The highest BCUT2D eigenvalue weighted by Gasteiger charge is 2.23. The minimum absolute atomic E-state index is 0.0752. The van der Waals surface area contributed by atoms with Gasteiger partial charge in [0.2, 0.25) is 11.8 Å². The van der Waals surface area contributed by atoms with Crippen LogP contribution >= 0.6 is 0 Å². The zero-order valence-corrected chi connectivity index (χ0v) is 11.5. The summed E-state index contributed by atoms with van der Waals surface area (Å²) in [4.78, 5) is 24.7. The summed E-state index contributed by atoms with van der Waals surface area (Å²) in [5, 5.41) is 8.41. The number of nitrogens with zero attached hydrogens (tertiary/aromatic N) is 1. The van der Waals surface area contributed by atoms with Crippen molar-refractivity contribution in [3.63, 3.8) is 0 Å². The highest BCUT2D eigenvalue weighted by molar-refractivity contribution is 5.96. The fraction of sp³-hybridized carbons (Fsp3) is 0.333. The van der Waals surface area contributed by atoms with Gasteiger partial charge in [0.05, 0.1) is 0 Å². The van der Waals surface area contributed by atoms with Crippen LogP contribution in [-0.2, 0) is 16.0 Å². The Hall–Kier alpha value is -2.21. The molecular weight excluding hydrogens is 275 g/mol. The molecule has 1 aliphatic rings. The average Bonchev–Trinajstić information content (AvgIpc) is 2.83. The molecule has 112 valence electrons. The molecule has 0 unspecified atom stereocenters. The highest BCUT2D eigenvalue weighted by Crippen LogP contribution is 2.17. The molecule has 2 amide bonds. The van der Waals surface area contributed by atoms with Crippen molar-refractivity contribution in [3.05, 3.63) is 47.3 Å². The van der Waals surface area contributed by atoms with Crippen LogP contribution in [0.2, 0.25) is 0 Å². The maximum Gasteiger partial charge on any atom is 0.249 e. The quantitative estimate of drug-likeness (QED) is 0.615. The number of rotatable bonds is 6.